The van der Waals surface area contributed by atoms with Crippen molar-refractivity contribution in [3.63, 3.8) is 0 Å². The van der Waals surface area contributed by atoms with Gasteiger partial charge in [0.05, 0.1) is 13.2 Å². The molecule has 0 amide bonds. The van der Waals surface area contributed by atoms with Crippen LogP contribution in [0.25, 0.3) is 0 Å². The van der Waals surface area contributed by atoms with Crippen LogP contribution in [0.15, 0.2) is 24.8 Å². The number of hydrogen-bond acceptors (Lipinski definition) is 8. The van der Waals surface area contributed by atoms with E-state index in [4.69, 9.17) is 24.3 Å². The SMILES string of the molecule is C=CCCCCCCCCCCCCCCCC(=O)OC[C@H](COP(=O)(O)OCCN)OC(=O)CCCCCCCCCCC/C=C/CCCCCC. The zero-order chi connectivity index (χ0) is 38.9. The number of allylic oxidation sites excluding steroid dienone is 3. The van der Waals surface area contributed by atoms with Gasteiger partial charge in [-0.25, -0.2) is 4.57 Å². The molecule has 0 saturated heterocycles. The third-order valence-electron chi connectivity index (χ3n) is 9.46. The normalized spacial score (nSPS) is 13.3. The number of phosphoric acid groups is 1. The van der Waals surface area contributed by atoms with Gasteiger partial charge >= 0.3 is 19.8 Å². The van der Waals surface area contributed by atoms with Crippen LogP contribution in [-0.2, 0) is 32.7 Å². The minimum Gasteiger partial charge on any atom is -0.462 e. The number of carbonyl (C=O) groups is 2. The van der Waals surface area contributed by atoms with E-state index in [1.807, 2.05) is 6.08 Å². The van der Waals surface area contributed by atoms with Gasteiger partial charge < -0.3 is 20.1 Å². The van der Waals surface area contributed by atoms with Gasteiger partial charge in [0.15, 0.2) is 6.10 Å². The van der Waals surface area contributed by atoms with Crippen LogP contribution in [0.3, 0.4) is 0 Å². The van der Waals surface area contributed by atoms with E-state index in [2.05, 4.69) is 25.7 Å². The Balaban J connectivity index is 4.11. The van der Waals surface area contributed by atoms with E-state index in [0.717, 1.165) is 44.9 Å². The molecule has 9 nitrogen and oxygen atoms in total. The molecule has 3 N–H and O–H groups in total. The molecule has 0 aromatic rings. The molecular formula is C43H82NO8P. The fraction of sp³-hybridized carbons (Fsp3) is 0.860. The Bertz CT molecular complexity index is 915. The lowest BCUT2D eigenvalue weighted by Gasteiger charge is -2.19. The second kappa shape index (κ2) is 40.2. The number of carbonyl (C=O) groups excluding carboxylic acids is 2. The van der Waals surface area contributed by atoms with Crippen LogP contribution in [0.2, 0.25) is 0 Å². The molecule has 0 rings (SSSR count). The second-order valence-corrected chi connectivity index (χ2v) is 16.1. The molecule has 0 aromatic heterocycles. The van der Waals surface area contributed by atoms with Gasteiger partial charge in [0.25, 0.3) is 0 Å². The second-order valence-electron chi connectivity index (χ2n) is 14.6. The van der Waals surface area contributed by atoms with Crippen LogP contribution in [0.5, 0.6) is 0 Å². The summed E-state index contributed by atoms with van der Waals surface area (Å²) in [7, 11) is -4.37. The Morgan fingerprint density at radius 1 is 0.604 bits per heavy atom. The molecule has 0 aliphatic carbocycles. The molecule has 1 unspecified atom stereocenters. The maximum Gasteiger partial charge on any atom is 0.472 e. The van der Waals surface area contributed by atoms with Gasteiger partial charge in [-0.2, -0.15) is 0 Å². The van der Waals surface area contributed by atoms with Crippen molar-refractivity contribution >= 4 is 19.8 Å². The molecule has 0 fully saturated rings. The van der Waals surface area contributed by atoms with Gasteiger partial charge in [0, 0.05) is 19.4 Å². The third-order valence-corrected chi connectivity index (χ3v) is 10.4. The quantitative estimate of drug-likeness (QED) is 0.0269. The van der Waals surface area contributed by atoms with Crippen LogP contribution in [-0.4, -0.2) is 49.3 Å². The van der Waals surface area contributed by atoms with Crippen molar-refractivity contribution in [3.05, 3.63) is 24.8 Å². The molecule has 0 heterocycles. The van der Waals surface area contributed by atoms with E-state index in [-0.39, 0.29) is 38.6 Å². The van der Waals surface area contributed by atoms with Gasteiger partial charge in [-0.05, 0) is 51.4 Å². The zero-order valence-electron chi connectivity index (χ0n) is 34.1. The van der Waals surface area contributed by atoms with Crippen molar-refractivity contribution in [3.8, 4) is 0 Å². The lowest BCUT2D eigenvalue weighted by Crippen LogP contribution is -2.29. The Morgan fingerprint density at radius 3 is 1.47 bits per heavy atom. The number of hydrogen-bond donors (Lipinski definition) is 2. The summed E-state index contributed by atoms with van der Waals surface area (Å²) in [6.45, 7) is 5.25. The van der Waals surface area contributed by atoms with Crippen molar-refractivity contribution in [1.29, 1.82) is 0 Å². The third kappa shape index (κ3) is 40.0. The maximum absolute atomic E-state index is 12.6. The lowest BCUT2D eigenvalue weighted by atomic mass is 10.0. The molecule has 0 radical (unpaired) electrons. The van der Waals surface area contributed by atoms with Gasteiger partial charge in [-0.1, -0.05) is 160 Å². The summed E-state index contributed by atoms with van der Waals surface area (Å²) >= 11 is 0. The molecule has 0 saturated carbocycles. The van der Waals surface area contributed by atoms with Crippen molar-refractivity contribution < 1.29 is 37.6 Å². The smallest absolute Gasteiger partial charge is 0.462 e. The van der Waals surface area contributed by atoms with Crippen molar-refractivity contribution in [1.82, 2.24) is 0 Å². The van der Waals surface area contributed by atoms with Crippen molar-refractivity contribution in [2.24, 2.45) is 5.73 Å². The molecule has 0 spiro atoms. The Hall–Kier alpha value is -1.51. The highest BCUT2D eigenvalue weighted by Crippen LogP contribution is 2.43. The summed E-state index contributed by atoms with van der Waals surface area (Å²) in [4.78, 5) is 34.9. The first kappa shape index (κ1) is 51.5. The van der Waals surface area contributed by atoms with Crippen LogP contribution in [0, 0.1) is 0 Å². The maximum atomic E-state index is 12.6. The molecule has 53 heavy (non-hydrogen) atoms. The molecule has 0 aliphatic heterocycles. The summed E-state index contributed by atoms with van der Waals surface area (Å²) in [5.41, 5.74) is 5.35. The summed E-state index contributed by atoms with van der Waals surface area (Å²) < 4.78 is 32.8. The number of unbranched alkanes of at least 4 members (excludes halogenated alkanes) is 26. The van der Waals surface area contributed by atoms with Gasteiger partial charge in [-0.15, -0.1) is 6.58 Å². The van der Waals surface area contributed by atoms with Crippen LogP contribution >= 0.6 is 7.82 Å². The minimum atomic E-state index is -4.37. The number of nitrogens with two attached hydrogens (primary N) is 1. The number of rotatable bonds is 42. The standard InChI is InChI=1S/C43H82NO8P/c1-3-5-7-9-11-13-15-17-19-20-22-24-26-28-30-32-34-36-43(46)52-41(40-51-53(47,48)50-38-37-44)39-49-42(45)35-33-31-29-27-25-23-21-18-16-14-12-10-8-6-4-2/h4,13,15,41H,2-3,5-12,14,16-40,44H2,1H3,(H,47,48)/b15-13+/t41-/m1/s1. The van der Waals surface area contributed by atoms with Crippen LogP contribution in [0.4, 0.5) is 0 Å². The van der Waals surface area contributed by atoms with Crippen LogP contribution in [0.1, 0.15) is 206 Å². The zero-order valence-corrected chi connectivity index (χ0v) is 35.0. The van der Waals surface area contributed by atoms with E-state index in [9.17, 15) is 19.0 Å². The summed E-state index contributed by atoms with van der Waals surface area (Å²) in [6, 6.07) is 0. The number of phosphoric ester groups is 1. The molecule has 0 aliphatic rings. The lowest BCUT2D eigenvalue weighted by molar-refractivity contribution is -0.161. The van der Waals surface area contributed by atoms with Gasteiger partial charge in [0.1, 0.15) is 6.61 Å². The van der Waals surface area contributed by atoms with E-state index < -0.39 is 26.5 Å². The first-order valence-corrected chi connectivity index (χ1v) is 23.3. The first-order chi connectivity index (χ1) is 25.8. The van der Waals surface area contributed by atoms with Crippen molar-refractivity contribution in [2.45, 2.75) is 212 Å². The number of ether oxygens (including phenoxy) is 2. The highest BCUT2D eigenvalue weighted by atomic mass is 31.2. The van der Waals surface area contributed by atoms with Crippen LogP contribution < -0.4 is 5.73 Å². The predicted molar refractivity (Wildman–Crippen MR) is 220 cm³/mol. The highest BCUT2D eigenvalue weighted by Gasteiger charge is 2.26. The monoisotopic (exact) mass is 772 g/mol. The van der Waals surface area contributed by atoms with E-state index >= 15 is 0 Å². The largest absolute Gasteiger partial charge is 0.472 e. The average Bonchev–Trinajstić information content (AvgIpc) is 3.14. The fourth-order valence-corrected chi connectivity index (χ4v) is 6.96. The molecule has 10 heteroatoms. The molecule has 0 bridgehead atoms. The molecular weight excluding hydrogens is 689 g/mol. The van der Waals surface area contributed by atoms with Crippen molar-refractivity contribution in [2.75, 3.05) is 26.4 Å². The predicted octanol–water partition coefficient (Wildman–Crippen LogP) is 12.4. The Labute approximate surface area is 325 Å². The summed E-state index contributed by atoms with van der Waals surface area (Å²) in [6.07, 6.45) is 40.9. The summed E-state index contributed by atoms with van der Waals surface area (Å²) in [5, 5.41) is 0. The minimum absolute atomic E-state index is 0.0539. The highest BCUT2D eigenvalue weighted by molar-refractivity contribution is 7.47. The summed E-state index contributed by atoms with van der Waals surface area (Å²) in [5.74, 6) is -0.827. The Morgan fingerprint density at radius 2 is 1.02 bits per heavy atom. The Kier molecular flexibility index (Phi) is 39.0. The topological polar surface area (TPSA) is 134 Å². The molecule has 0 aromatic carbocycles. The van der Waals surface area contributed by atoms with E-state index in [1.54, 1.807) is 0 Å². The first-order valence-electron chi connectivity index (χ1n) is 21.8. The number of esters is 2. The molecule has 2 atom stereocenters. The van der Waals surface area contributed by atoms with E-state index in [1.165, 1.54) is 135 Å². The fourth-order valence-electron chi connectivity index (χ4n) is 6.20. The van der Waals surface area contributed by atoms with E-state index in [0.29, 0.717) is 6.42 Å². The van der Waals surface area contributed by atoms with Gasteiger partial charge in [0.2, 0.25) is 0 Å². The average molecular weight is 772 g/mol. The van der Waals surface area contributed by atoms with Gasteiger partial charge in [-0.3, -0.25) is 18.6 Å². The molecule has 312 valence electrons.